The molecule has 0 aliphatic carbocycles. The molecule has 1 N–H and O–H groups in total. The lowest BCUT2D eigenvalue weighted by molar-refractivity contribution is 0.487. The second kappa shape index (κ2) is 10.3. The van der Waals surface area contributed by atoms with Crippen LogP contribution in [0, 0.1) is 0 Å². The summed E-state index contributed by atoms with van der Waals surface area (Å²) in [6.07, 6.45) is 5.10. The molecule has 1 heterocycles. The summed E-state index contributed by atoms with van der Waals surface area (Å²) in [5, 5.41) is 4.11. The van der Waals surface area contributed by atoms with Gasteiger partial charge in [-0.05, 0) is 43.3 Å². The molecular weight excluding hydrogens is 385 g/mol. The van der Waals surface area contributed by atoms with E-state index >= 15 is 0 Å². The average molecular weight is 407 g/mol. The molecule has 5 heteroatoms. The van der Waals surface area contributed by atoms with Crippen LogP contribution in [0.1, 0.15) is 38.4 Å². The summed E-state index contributed by atoms with van der Waals surface area (Å²) in [6.45, 7) is 4.03. The van der Waals surface area contributed by atoms with E-state index in [0.29, 0.717) is 5.02 Å². The fourth-order valence-corrected chi connectivity index (χ4v) is 2.96. The van der Waals surface area contributed by atoms with Crippen molar-refractivity contribution >= 4 is 39.9 Å². The van der Waals surface area contributed by atoms with Gasteiger partial charge in [0.25, 0.3) is 0 Å². The first-order chi connectivity index (χ1) is 10.2. The molecule has 0 aliphatic heterocycles. The van der Waals surface area contributed by atoms with E-state index in [2.05, 4.69) is 28.2 Å². The number of rotatable bonds is 8. The van der Waals surface area contributed by atoms with Crippen molar-refractivity contribution < 1.29 is 4.42 Å². The highest BCUT2D eigenvalue weighted by Gasteiger charge is 2.08. The summed E-state index contributed by atoms with van der Waals surface area (Å²) in [6, 6.07) is 9.80. The van der Waals surface area contributed by atoms with Crippen molar-refractivity contribution in [3.63, 3.8) is 0 Å². The van der Waals surface area contributed by atoms with Gasteiger partial charge in [-0.3, -0.25) is 0 Å². The Kier molecular flexibility index (Phi) is 9.18. The van der Waals surface area contributed by atoms with Crippen molar-refractivity contribution in [1.29, 1.82) is 0 Å². The first-order valence-corrected chi connectivity index (χ1v) is 8.62. The van der Waals surface area contributed by atoms with Crippen LogP contribution in [0.2, 0.25) is 5.02 Å². The zero-order valence-corrected chi connectivity index (χ0v) is 15.9. The second-order valence-corrected chi connectivity index (χ2v) is 6.45. The maximum absolute atomic E-state index is 6.24. The number of nitrogens with one attached hydrogen (secondary N) is 1. The SMILES string of the molecule is CCCCCCNCc1ccc(-c2ccc(Br)cc2Cl)o1.Cl. The molecule has 2 nitrogen and oxygen atoms in total. The molecule has 2 rings (SSSR count). The first-order valence-electron chi connectivity index (χ1n) is 7.45. The molecule has 2 aromatic rings. The van der Waals surface area contributed by atoms with Gasteiger partial charge in [-0.15, -0.1) is 12.4 Å². The number of halogens is 3. The Balaban J connectivity index is 0.00000242. The molecule has 1 aromatic heterocycles. The number of furan rings is 1. The van der Waals surface area contributed by atoms with Crippen LogP contribution in [0.3, 0.4) is 0 Å². The molecule has 0 atom stereocenters. The number of benzene rings is 1. The van der Waals surface area contributed by atoms with Crippen molar-refractivity contribution in [2.24, 2.45) is 0 Å². The third-order valence-corrected chi connectivity index (χ3v) is 4.17. The van der Waals surface area contributed by atoms with Gasteiger partial charge in [0.05, 0.1) is 11.6 Å². The van der Waals surface area contributed by atoms with E-state index in [9.17, 15) is 0 Å². The highest BCUT2D eigenvalue weighted by molar-refractivity contribution is 9.10. The van der Waals surface area contributed by atoms with E-state index in [1.165, 1.54) is 25.7 Å². The lowest BCUT2D eigenvalue weighted by atomic mass is 10.2. The Hall–Kier alpha value is -0.480. The smallest absolute Gasteiger partial charge is 0.135 e. The van der Waals surface area contributed by atoms with Crippen molar-refractivity contribution in [2.45, 2.75) is 39.2 Å². The van der Waals surface area contributed by atoms with Crippen molar-refractivity contribution in [2.75, 3.05) is 6.54 Å². The number of hydrogen-bond donors (Lipinski definition) is 1. The van der Waals surface area contributed by atoms with Gasteiger partial charge in [0.15, 0.2) is 0 Å². The number of hydrogen-bond acceptors (Lipinski definition) is 2. The molecule has 0 unspecified atom stereocenters. The predicted octanol–water partition coefficient (Wildman–Crippen LogP) is 6.45. The molecule has 0 amide bonds. The molecule has 22 heavy (non-hydrogen) atoms. The molecule has 1 aromatic carbocycles. The van der Waals surface area contributed by atoms with Crippen LogP contribution in [0.5, 0.6) is 0 Å². The topological polar surface area (TPSA) is 25.2 Å². The summed E-state index contributed by atoms with van der Waals surface area (Å²) in [4.78, 5) is 0. The molecule has 0 radical (unpaired) electrons. The maximum atomic E-state index is 6.24. The second-order valence-electron chi connectivity index (χ2n) is 5.13. The largest absolute Gasteiger partial charge is 0.460 e. The lowest BCUT2D eigenvalue weighted by Gasteiger charge is -2.03. The zero-order chi connectivity index (χ0) is 15.1. The Bertz CT molecular complexity index is 572. The van der Waals surface area contributed by atoms with E-state index in [-0.39, 0.29) is 12.4 Å². The standard InChI is InChI=1S/C17H21BrClNO.ClH/c1-2-3-4-5-10-20-12-14-7-9-17(21-14)15-8-6-13(18)11-16(15)19;/h6-9,11,20H,2-5,10,12H2,1H3;1H. The molecule has 0 fully saturated rings. The van der Waals surface area contributed by atoms with Crippen LogP contribution in [0.15, 0.2) is 39.2 Å². The van der Waals surface area contributed by atoms with Crippen LogP contribution in [-0.4, -0.2) is 6.54 Å². The van der Waals surface area contributed by atoms with Crippen LogP contribution in [0.4, 0.5) is 0 Å². The Morgan fingerprint density at radius 2 is 1.95 bits per heavy atom. The highest BCUT2D eigenvalue weighted by Crippen LogP contribution is 2.31. The molecule has 0 bridgehead atoms. The summed E-state index contributed by atoms with van der Waals surface area (Å²) < 4.78 is 6.83. The molecular formula is C17H22BrCl2NO. The van der Waals surface area contributed by atoms with E-state index in [1.54, 1.807) is 0 Å². The van der Waals surface area contributed by atoms with E-state index in [4.69, 9.17) is 16.0 Å². The van der Waals surface area contributed by atoms with E-state index in [1.807, 2.05) is 30.3 Å². The Labute approximate surface area is 152 Å². The van der Waals surface area contributed by atoms with Crippen molar-refractivity contribution in [3.05, 3.63) is 45.6 Å². The van der Waals surface area contributed by atoms with Crippen LogP contribution in [0.25, 0.3) is 11.3 Å². The van der Waals surface area contributed by atoms with Gasteiger partial charge in [0.1, 0.15) is 11.5 Å². The van der Waals surface area contributed by atoms with Crippen LogP contribution in [-0.2, 0) is 6.54 Å². The van der Waals surface area contributed by atoms with Gasteiger partial charge < -0.3 is 9.73 Å². The van der Waals surface area contributed by atoms with Crippen LogP contribution >= 0.6 is 39.9 Å². The summed E-state index contributed by atoms with van der Waals surface area (Å²) in [5.41, 5.74) is 0.925. The normalized spacial score (nSPS) is 10.5. The minimum Gasteiger partial charge on any atom is -0.460 e. The predicted molar refractivity (Wildman–Crippen MR) is 100.0 cm³/mol. The first kappa shape index (κ1) is 19.6. The zero-order valence-electron chi connectivity index (χ0n) is 12.7. The third kappa shape index (κ3) is 5.96. The van der Waals surface area contributed by atoms with Crippen molar-refractivity contribution in [3.8, 4) is 11.3 Å². The quantitative estimate of drug-likeness (QED) is 0.509. The molecule has 0 spiro atoms. The average Bonchev–Trinajstić information content (AvgIpc) is 2.91. The Morgan fingerprint density at radius 1 is 1.14 bits per heavy atom. The summed E-state index contributed by atoms with van der Waals surface area (Å²) in [7, 11) is 0. The lowest BCUT2D eigenvalue weighted by Crippen LogP contribution is -2.14. The molecule has 0 saturated heterocycles. The fraction of sp³-hybridized carbons (Fsp3) is 0.412. The summed E-state index contributed by atoms with van der Waals surface area (Å²) >= 11 is 9.65. The van der Waals surface area contributed by atoms with Gasteiger partial charge in [-0.25, -0.2) is 0 Å². The van der Waals surface area contributed by atoms with Crippen LogP contribution < -0.4 is 5.32 Å². The minimum absolute atomic E-state index is 0. The molecule has 122 valence electrons. The van der Waals surface area contributed by atoms with E-state index in [0.717, 1.165) is 34.6 Å². The summed E-state index contributed by atoms with van der Waals surface area (Å²) in [5.74, 6) is 1.76. The van der Waals surface area contributed by atoms with Gasteiger partial charge in [-0.2, -0.15) is 0 Å². The van der Waals surface area contributed by atoms with E-state index < -0.39 is 0 Å². The third-order valence-electron chi connectivity index (χ3n) is 3.36. The van der Waals surface area contributed by atoms with Gasteiger partial charge in [-0.1, -0.05) is 53.7 Å². The van der Waals surface area contributed by atoms with Gasteiger partial charge >= 0.3 is 0 Å². The Morgan fingerprint density at radius 3 is 2.68 bits per heavy atom. The highest BCUT2D eigenvalue weighted by atomic mass is 79.9. The minimum atomic E-state index is 0. The molecule has 0 aliphatic rings. The molecule has 0 saturated carbocycles. The monoisotopic (exact) mass is 405 g/mol. The van der Waals surface area contributed by atoms with Gasteiger partial charge in [0.2, 0.25) is 0 Å². The maximum Gasteiger partial charge on any atom is 0.135 e. The van der Waals surface area contributed by atoms with Crippen molar-refractivity contribution in [1.82, 2.24) is 5.32 Å². The van der Waals surface area contributed by atoms with Gasteiger partial charge in [0, 0.05) is 10.0 Å². The number of unbranched alkanes of at least 4 members (excludes halogenated alkanes) is 3. The fourth-order valence-electron chi connectivity index (χ4n) is 2.20.